The zero-order chi connectivity index (χ0) is 14.2. The Bertz CT molecular complexity index is 371. The van der Waals surface area contributed by atoms with E-state index in [1.165, 1.54) is 44.5 Å². The molecule has 1 fully saturated rings. The van der Waals surface area contributed by atoms with Gasteiger partial charge in [-0.1, -0.05) is 18.6 Å². The summed E-state index contributed by atoms with van der Waals surface area (Å²) < 4.78 is 5.19. The molecule has 0 saturated carbocycles. The van der Waals surface area contributed by atoms with Gasteiger partial charge in [0.1, 0.15) is 5.75 Å². The Balaban J connectivity index is 1.65. The summed E-state index contributed by atoms with van der Waals surface area (Å²) in [6, 6.07) is 8.91. The van der Waals surface area contributed by atoms with Gasteiger partial charge in [-0.2, -0.15) is 0 Å². The van der Waals surface area contributed by atoms with E-state index >= 15 is 0 Å². The molecule has 1 aliphatic heterocycles. The van der Waals surface area contributed by atoms with Crippen LogP contribution in [0.3, 0.4) is 0 Å². The van der Waals surface area contributed by atoms with Crippen molar-refractivity contribution in [2.45, 2.75) is 38.6 Å². The third kappa shape index (κ3) is 5.14. The monoisotopic (exact) mass is 276 g/mol. The Hall–Kier alpha value is -1.06. The lowest BCUT2D eigenvalue weighted by Crippen LogP contribution is -2.39. The third-order valence-electron chi connectivity index (χ3n) is 4.07. The molecule has 0 aliphatic carbocycles. The van der Waals surface area contributed by atoms with Gasteiger partial charge in [0.25, 0.3) is 0 Å². The Morgan fingerprint density at radius 1 is 1.15 bits per heavy atom. The number of hydrogen-bond acceptors (Lipinski definition) is 3. The second-order valence-corrected chi connectivity index (χ2v) is 5.81. The van der Waals surface area contributed by atoms with E-state index in [4.69, 9.17) is 4.74 Å². The zero-order valence-corrected chi connectivity index (χ0v) is 12.9. The van der Waals surface area contributed by atoms with Crippen molar-refractivity contribution in [3.63, 3.8) is 0 Å². The first-order valence-electron chi connectivity index (χ1n) is 7.86. The van der Waals surface area contributed by atoms with Crippen molar-refractivity contribution in [2.24, 2.45) is 0 Å². The van der Waals surface area contributed by atoms with Gasteiger partial charge in [-0.15, -0.1) is 0 Å². The fourth-order valence-corrected chi connectivity index (χ4v) is 2.84. The van der Waals surface area contributed by atoms with E-state index in [0.29, 0.717) is 6.04 Å². The van der Waals surface area contributed by atoms with Crippen LogP contribution >= 0.6 is 0 Å². The number of nitrogens with zero attached hydrogens (tertiary/aromatic N) is 1. The summed E-state index contributed by atoms with van der Waals surface area (Å²) in [5, 5.41) is 3.63. The summed E-state index contributed by atoms with van der Waals surface area (Å²) in [6.45, 7) is 7.12. The summed E-state index contributed by atoms with van der Waals surface area (Å²) in [6.07, 6.45) is 5.24. The van der Waals surface area contributed by atoms with Crippen LogP contribution < -0.4 is 10.1 Å². The van der Waals surface area contributed by atoms with Gasteiger partial charge in [0.05, 0.1) is 7.11 Å². The van der Waals surface area contributed by atoms with E-state index in [-0.39, 0.29) is 0 Å². The molecular formula is C17H28N2O. The second kappa shape index (κ2) is 8.28. The molecule has 1 atom stereocenters. The number of methoxy groups -OCH3 is 1. The molecule has 1 N–H and O–H groups in total. The van der Waals surface area contributed by atoms with Gasteiger partial charge in [-0.25, -0.2) is 0 Å². The topological polar surface area (TPSA) is 24.5 Å². The van der Waals surface area contributed by atoms with Crippen LogP contribution in [-0.4, -0.2) is 44.2 Å². The molecule has 3 nitrogen and oxygen atoms in total. The lowest BCUT2D eigenvalue weighted by Gasteiger charge is -2.27. The van der Waals surface area contributed by atoms with Gasteiger partial charge >= 0.3 is 0 Å². The average Bonchev–Trinajstić information content (AvgIpc) is 2.49. The van der Waals surface area contributed by atoms with Gasteiger partial charge in [0.2, 0.25) is 0 Å². The van der Waals surface area contributed by atoms with E-state index < -0.39 is 0 Å². The van der Waals surface area contributed by atoms with E-state index in [0.717, 1.165) is 18.7 Å². The highest BCUT2D eigenvalue weighted by atomic mass is 16.5. The minimum atomic E-state index is 0.521. The maximum absolute atomic E-state index is 5.19. The fraction of sp³-hybridized carbons (Fsp3) is 0.647. The van der Waals surface area contributed by atoms with Crippen molar-refractivity contribution in [1.82, 2.24) is 10.2 Å². The highest BCUT2D eigenvalue weighted by molar-refractivity contribution is 5.27. The van der Waals surface area contributed by atoms with Crippen LogP contribution in [-0.2, 0) is 6.42 Å². The Kier molecular flexibility index (Phi) is 6.34. The maximum atomic E-state index is 5.19. The molecule has 0 aromatic heterocycles. The van der Waals surface area contributed by atoms with Crippen molar-refractivity contribution in [3.8, 4) is 5.75 Å². The van der Waals surface area contributed by atoms with E-state index in [1.807, 2.05) is 12.1 Å². The van der Waals surface area contributed by atoms with Gasteiger partial charge in [0.15, 0.2) is 0 Å². The van der Waals surface area contributed by atoms with E-state index in [1.54, 1.807) is 7.11 Å². The lowest BCUT2D eigenvalue weighted by atomic mass is 10.1. The first kappa shape index (κ1) is 15.3. The number of piperidine rings is 1. The van der Waals surface area contributed by atoms with Gasteiger partial charge < -0.3 is 15.0 Å². The summed E-state index contributed by atoms with van der Waals surface area (Å²) in [7, 11) is 1.71. The normalized spacial score (nSPS) is 17.9. The van der Waals surface area contributed by atoms with Crippen LogP contribution in [0.1, 0.15) is 31.7 Å². The minimum Gasteiger partial charge on any atom is -0.497 e. The van der Waals surface area contributed by atoms with Crippen LogP contribution in [0.2, 0.25) is 0 Å². The first-order chi connectivity index (χ1) is 9.78. The molecule has 3 heteroatoms. The van der Waals surface area contributed by atoms with Crippen molar-refractivity contribution in [2.75, 3.05) is 33.3 Å². The summed E-state index contributed by atoms with van der Waals surface area (Å²) >= 11 is 0. The number of benzene rings is 1. The molecule has 1 saturated heterocycles. The fourth-order valence-electron chi connectivity index (χ4n) is 2.84. The van der Waals surface area contributed by atoms with Crippen LogP contribution in [0.4, 0.5) is 0 Å². The highest BCUT2D eigenvalue weighted by Gasteiger charge is 2.10. The second-order valence-electron chi connectivity index (χ2n) is 5.81. The number of hydrogen-bond donors (Lipinski definition) is 1. The molecule has 1 aromatic carbocycles. The quantitative estimate of drug-likeness (QED) is 0.828. The Morgan fingerprint density at radius 2 is 1.85 bits per heavy atom. The van der Waals surface area contributed by atoms with Crippen molar-refractivity contribution < 1.29 is 4.74 Å². The van der Waals surface area contributed by atoms with Gasteiger partial charge in [-0.3, -0.25) is 0 Å². The predicted octanol–water partition coefficient (Wildman–Crippen LogP) is 2.70. The van der Waals surface area contributed by atoms with E-state index in [2.05, 4.69) is 29.3 Å². The minimum absolute atomic E-state index is 0.521. The summed E-state index contributed by atoms with van der Waals surface area (Å²) in [5.41, 5.74) is 1.36. The Morgan fingerprint density at radius 3 is 2.50 bits per heavy atom. The van der Waals surface area contributed by atoms with Crippen LogP contribution in [0.25, 0.3) is 0 Å². The predicted molar refractivity (Wildman–Crippen MR) is 84.5 cm³/mol. The highest BCUT2D eigenvalue weighted by Crippen LogP contribution is 2.12. The SMILES string of the molecule is COc1ccc(CC(C)NCCN2CCCCC2)cc1. The molecule has 20 heavy (non-hydrogen) atoms. The smallest absolute Gasteiger partial charge is 0.118 e. The molecule has 2 rings (SSSR count). The molecular weight excluding hydrogens is 248 g/mol. The standard InChI is InChI=1S/C17H28N2O/c1-15(14-16-6-8-17(20-2)9-7-16)18-10-13-19-11-4-3-5-12-19/h6-9,15,18H,3-5,10-14H2,1-2H3. The zero-order valence-electron chi connectivity index (χ0n) is 12.9. The summed E-state index contributed by atoms with van der Waals surface area (Å²) in [5.74, 6) is 0.930. The van der Waals surface area contributed by atoms with Crippen molar-refractivity contribution in [3.05, 3.63) is 29.8 Å². The molecule has 0 radical (unpaired) electrons. The van der Waals surface area contributed by atoms with Gasteiger partial charge in [-0.05, 0) is 57.0 Å². The molecule has 112 valence electrons. The van der Waals surface area contributed by atoms with Crippen LogP contribution in [0, 0.1) is 0 Å². The maximum Gasteiger partial charge on any atom is 0.118 e. The van der Waals surface area contributed by atoms with Crippen LogP contribution in [0.5, 0.6) is 5.75 Å². The number of likely N-dealkylation sites (tertiary alicyclic amines) is 1. The average molecular weight is 276 g/mol. The number of rotatable bonds is 7. The third-order valence-corrected chi connectivity index (χ3v) is 4.07. The molecule has 0 bridgehead atoms. The largest absolute Gasteiger partial charge is 0.497 e. The molecule has 1 unspecified atom stereocenters. The molecule has 1 aliphatic rings. The summed E-state index contributed by atoms with van der Waals surface area (Å²) in [4.78, 5) is 2.58. The van der Waals surface area contributed by atoms with Crippen LogP contribution in [0.15, 0.2) is 24.3 Å². The number of nitrogens with one attached hydrogen (secondary N) is 1. The number of ether oxygens (including phenoxy) is 1. The van der Waals surface area contributed by atoms with Crippen molar-refractivity contribution >= 4 is 0 Å². The van der Waals surface area contributed by atoms with E-state index in [9.17, 15) is 0 Å². The molecule has 1 heterocycles. The van der Waals surface area contributed by atoms with Gasteiger partial charge in [0, 0.05) is 19.1 Å². The van der Waals surface area contributed by atoms with Crippen molar-refractivity contribution in [1.29, 1.82) is 0 Å². The molecule has 0 amide bonds. The Labute approximate surface area is 123 Å². The molecule has 0 spiro atoms. The first-order valence-corrected chi connectivity index (χ1v) is 7.86. The lowest BCUT2D eigenvalue weighted by molar-refractivity contribution is 0.226. The molecule has 1 aromatic rings.